The molecule has 142 valence electrons. The third kappa shape index (κ3) is 4.73. The van der Waals surface area contributed by atoms with Gasteiger partial charge in [0.05, 0.1) is 10.6 Å². The lowest BCUT2D eigenvalue weighted by molar-refractivity contribution is -0.137. The predicted molar refractivity (Wildman–Crippen MR) is 91.0 cm³/mol. The van der Waals surface area contributed by atoms with Crippen LogP contribution in [0.4, 0.5) is 19.1 Å². The molecule has 10 heteroatoms. The Morgan fingerprint density at radius 1 is 1.22 bits per heavy atom. The molecule has 1 heterocycles. The molecule has 3 rings (SSSR count). The SMILES string of the molecule is O=C(NCc1cccc(C(F)(F)F)c1Cl)c1ccnc(NC(=O)C2CC2)n1. The average Bonchev–Trinajstić information content (AvgIpc) is 3.45. The van der Waals surface area contributed by atoms with Crippen molar-refractivity contribution >= 4 is 29.4 Å². The summed E-state index contributed by atoms with van der Waals surface area (Å²) in [6.07, 6.45) is -1.66. The van der Waals surface area contributed by atoms with Crippen LogP contribution in [0, 0.1) is 5.92 Å². The Morgan fingerprint density at radius 3 is 2.63 bits per heavy atom. The van der Waals surface area contributed by atoms with Crippen LogP contribution in [0.5, 0.6) is 0 Å². The molecule has 27 heavy (non-hydrogen) atoms. The molecule has 2 N–H and O–H groups in total. The molecule has 0 bridgehead atoms. The highest BCUT2D eigenvalue weighted by Crippen LogP contribution is 2.36. The van der Waals surface area contributed by atoms with E-state index in [2.05, 4.69) is 20.6 Å². The van der Waals surface area contributed by atoms with Gasteiger partial charge in [-0.05, 0) is 30.5 Å². The maximum absolute atomic E-state index is 12.9. The molecule has 1 aromatic heterocycles. The topological polar surface area (TPSA) is 84.0 Å². The number of carbonyl (C=O) groups is 2. The van der Waals surface area contributed by atoms with E-state index in [1.165, 1.54) is 24.4 Å². The molecular formula is C17H14ClF3N4O2. The molecule has 0 aliphatic heterocycles. The van der Waals surface area contributed by atoms with Crippen LogP contribution in [0.15, 0.2) is 30.5 Å². The number of aromatic nitrogens is 2. The summed E-state index contributed by atoms with van der Waals surface area (Å²) in [7, 11) is 0. The number of anilines is 1. The van der Waals surface area contributed by atoms with Crippen LogP contribution < -0.4 is 10.6 Å². The van der Waals surface area contributed by atoms with Gasteiger partial charge < -0.3 is 5.32 Å². The van der Waals surface area contributed by atoms with E-state index < -0.39 is 22.7 Å². The van der Waals surface area contributed by atoms with Gasteiger partial charge in [0, 0.05) is 18.7 Å². The van der Waals surface area contributed by atoms with Gasteiger partial charge in [0.1, 0.15) is 5.69 Å². The van der Waals surface area contributed by atoms with Crippen molar-refractivity contribution in [2.24, 2.45) is 5.92 Å². The number of halogens is 4. The van der Waals surface area contributed by atoms with Crippen LogP contribution in [0.3, 0.4) is 0 Å². The molecule has 1 fully saturated rings. The third-order valence-corrected chi connectivity index (χ3v) is 4.34. The molecule has 0 radical (unpaired) electrons. The molecule has 0 atom stereocenters. The van der Waals surface area contributed by atoms with E-state index in [-0.39, 0.29) is 35.6 Å². The summed E-state index contributed by atoms with van der Waals surface area (Å²) in [5.41, 5.74) is -0.877. The molecule has 0 unspecified atom stereocenters. The highest BCUT2D eigenvalue weighted by atomic mass is 35.5. The number of hydrogen-bond acceptors (Lipinski definition) is 4. The molecule has 2 aromatic rings. The molecule has 1 aliphatic rings. The second kappa shape index (κ2) is 7.51. The first-order valence-corrected chi connectivity index (χ1v) is 8.40. The zero-order chi connectivity index (χ0) is 19.6. The number of benzene rings is 1. The number of nitrogens with zero attached hydrogens (tertiary/aromatic N) is 2. The first kappa shape index (κ1) is 19.1. The smallest absolute Gasteiger partial charge is 0.347 e. The number of nitrogens with one attached hydrogen (secondary N) is 2. The van der Waals surface area contributed by atoms with E-state index in [1.807, 2.05) is 0 Å². The summed E-state index contributed by atoms with van der Waals surface area (Å²) < 4.78 is 38.6. The maximum atomic E-state index is 12.9. The van der Waals surface area contributed by atoms with Crippen molar-refractivity contribution in [3.63, 3.8) is 0 Å². The van der Waals surface area contributed by atoms with Gasteiger partial charge in [0.25, 0.3) is 5.91 Å². The zero-order valence-electron chi connectivity index (χ0n) is 13.8. The second-order valence-electron chi connectivity index (χ2n) is 5.99. The van der Waals surface area contributed by atoms with Gasteiger partial charge in [-0.2, -0.15) is 13.2 Å². The van der Waals surface area contributed by atoms with Crippen molar-refractivity contribution in [2.45, 2.75) is 25.6 Å². The van der Waals surface area contributed by atoms with Gasteiger partial charge in [0.2, 0.25) is 11.9 Å². The minimum absolute atomic E-state index is 0.00310. The number of hydrogen-bond donors (Lipinski definition) is 2. The molecule has 1 aromatic carbocycles. The van der Waals surface area contributed by atoms with Crippen molar-refractivity contribution in [3.8, 4) is 0 Å². The average molecular weight is 399 g/mol. The van der Waals surface area contributed by atoms with Gasteiger partial charge in [-0.15, -0.1) is 0 Å². The van der Waals surface area contributed by atoms with E-state index in [1.54, 1.807) is 0 Å². The highest BCUT2D eigenvalue weighted by molar-refractivity contribution is 6.32. The van der Waals surface area contributed by atoms with Gasteiger partial charge in [-0.25, -0.2) is 9.97 Å². The standard InChI is InChI=1S/C17H14ClF3N4O2/c18-13-10(2-1-3-11(13)17(19,20)21)8-23-15(27)12-6-7-22-16(24-12)25-14(26)9-4-5-9/h1-3,6-7,9H,4-5,8H2,(H,23,27)(H,22,24,25,26). The van der Waals surface area contributed by atoms with Gasteiger partial charge in [0.15, 0.2) is 0 Å². The number of alkyl halides is 3. The monoisotopic (exact) mass is 398 g/mol. The van der Waals surface area contributed by atoms with Crippen LogP contribution >= 0.6 is 11.6 Å². The van der Waals surface area contributed by atoms with Crippen LogP contribution in [0.1, 0.15) is 34.5 Å². The zero-order valence-corrected chi connectivity index (χ0v) is 14.6. The first-order valence-electron chi connectivity index (χ1n) is 8.02. The Morgan fingerprint density at radius 2 is 1.96 bits per heavy atom. The van der Waals surface area contributed by atoms with Crippen molar-refractivity contribution < 1.29 is 22.8 Å². The van der Waals surface area contributed by atoms with Crippen molar-refractivity contribution in [1.29, 1.82) is 0 Å². The molecule has 0 saturated heterocycles. The Hall–Kier alpha value is -2.68. The third-order valence-electron chi connectivity index (χ3n) is 3.89. The summed E-state index contributed by atoms with van der Waals surface area (Å²) in [4.78, 5) is 31.8. The van der Waals surface area contributed by atoms with E-state index in [4.69, 9.17) is 11.6 Å². The minimum Gasteiger partial charge on any atom is -0.347 e. The fraction of sp³-hybridized carbons (Fsp3) is 0.294. The number of carbonyl (C=O) groups excluding carboxylic acids is 2. The largest absolute Gasteiger partial charge is 0.417 e. The lowest BCUT2D eigenvalue weighted by Gasteiger charge is -2.13. The lowest BCUT2D eigenvalue weighted by atomic mass is 10.1. The van der Waals surface area contributed by atoms with E-state index >= 15 is 0 Å². The summed E-state index contributed by atoms with van der Waals surface area (Å²) in [6.45, 7) is -0.213. The summed E-state index contributed by atoms with van der Waals surface area (Å²) in [5.74, 6) is -0.887. The van der Waals surface area contributed by atoms with Gasteiger partial charge in [-0.3, -0.25) is 14.9 Å². The quantitative estimate of drug-likeness (QED) is 0.808. The molecule has 1 aliphatic carbocycles. The predicted octanol–water partition coefficient (Wildman–Crippen LogP) is 3.43. The number of amides is 2. The molecule has 2 amide bonds. The highest BCUT2D eigenvalue weighted by Gasteiger charge is 2.34. The Bertz CT molecular complexity index is 885. The van der Waals surface area contributed by atoms with Crippen molar-refractivity contribution in [3.05, 3.63) is 52.3 Å². The van der Waals surface area contributed by atoms with E-state index in [9.17, 15) is 22.8 Å². The number of rotatable bonds is 5. The van der Waals surface area contributed by atoms with Crippen LogP contribution in [-0.2, 0) is 17.5 Å². The summed E-state index contributed by atoms with van der Waals surface area (Å²) in [5, 5.41) is 4.51. The normalized spacial score (nSPS) is 13.9. The maximum Gasteiger partial charge on any atom is 0.417 e. The lowest BCUT2D eigenvalue weighted by Crippen LogP contribution is -2.25. The van der Waals surface area contributed by atoms with Crippen LogP contribution in [0.25, 0.3) is 0 Å². The van der Waals surface area contributed by atoms with Gasteiger partial charge in [-0.1, -0.05) is 23.7 Å². The molecule has 1 saturated carbocycles. The first-order chi connectivity index (χ1) is 12.8. The van der Waals surface area contributed by atoms with Gasteiger partial charge >= 0.3 is 6.18 Å². The second-order valence-corrected chi connectivity index (χ2v) is 6.37. The minimum atomic E-state index is -4.58. The fourth-order valence-electron chi connectivity index (χ4n) is 2.30. The van der Waals surface area contributed by atoms with Crippen molar-refractivity contribution in [1.82, 2.24) is 15.3 Å². The Balaban J connectivity index is 1.67. The summed E-state index contributed by atoms with van der Waals surface area (Å²) in [6, 6.07) is 4.80. The van der Waals surface area contributed by atoms with E-state index in [0.717, 1.165) is 18.9 Å². The Labute approximate surface area is 157 Å². The summed E-state index contributed by atoms with van der Waals surface area (Å²) >= 11 is 5.80. The molecule has 6 nitrogen and oxygen atoms in total. The van der Waals surface area contributed by atoms with E-state index in [0.29, 0.717) is 0 Å². The molecular weight excluding hydrogens is 385 g/mol. The van der Waals surface area contributed by atoms with Crippen LogP contribution in [-0.4, -0.2) is 21.8 Å². The van der Waals surface area contributed by atoms with Crippen LogP contribution in [0.2, 0.25) is 5.02 Å². The molecule has 0 spiro atoms. The Kier molecular flexibility index (Phi) is 5.31. The fourth-order valence-corrected chi connectivity index (χ4v) is 2.60. The van der Waals surface area contributed by atoms with Crippen molar-refractivity contribution in [2.75, 3.05) is 5.32 Å².